The lowest BCUT2D eigenvalue weighted by Gasteiger charge is -2.28. The van der Waals surface area contributed by atoms with Crippen LogP contribution in [0, 0.1) is 0 Å². The number of anilines is 1. The number of para-hydroxylation sites is 2. The summed E-state index contributed by atoms with van der Waals surface area (Å²) in [7, 11) is 3.27. The largest absolute Gasteiger partial charge is 0.493 e. The molecule has 2 aliphatic heterocycles. The maximum absolute atomic E-state index is 6.52. The van der Waals surface area contributed by atoms with Gasteiger partial charge in [-0.25, -0.2) is 9.97 Å². The van der Waals surface area contributed by atoms with Gasteiger partial charge in [-0.1, -0.05) is 12.1 Å². The summed E-state index contributed by atoms with van der Waals surface area (Å²) in [6, 6.07) is 12.0. The van der Waals surface area contributed by atoms with Crippen LogP contribution < -0.4 is 19.1 Å². The van der Waals surface area contributed by atoms with Crippen molar-refractivity contribution in [1.29, 1.82) is 0 Å². The average Bonchev–Trinajstić information content (AvgIpc) is 3.57. The minimum Gasteiger partial charge on any atom is -0.493 e. The second-order valence-electron chi connectivity index (χ2n) is 9.02. The van der Waals surface area contributed by atoms with E-state index >= 15 is 0 Å². The molecule has 2 unspecified atom stereocenters. The summed E-state index contributed by atoms with van der Waals surface area (Å²) in [5, 5.41) is 9.60. The molecule has 9 nitrogen and oxygen atoms in total. The Morgan fingerprint density at radius 2 is 1.66 bits per heavy atom. The molecule has 2 aromatic carbocycles. The molecule has 0 radical (unpaired) electrons. The van der Waals surface area contributed by atoms with Crippen molar-refractivity contribution in [2.24, 2.45) is 0 Å². The van der Waals surface area contributed by atoms with Gasteiger partial charge in [0.05, 0.1) is 61.4 Å². The van der Waals surface area contributed by atoms with Gasteiger partial charge in [-0.05, 0) is 44.1 Å². The van der Waals surface area contributed by atoms with Crippen molar-refractivity contribution >= 4 is 27.6 Å². The van der Waals surface area contributed by atoms with Gasteiger partial charge >= 0.3 is 0 Å². The van der Waals surface area contributed by atoms with E-state index < -0.39 is 0 Å². The highest BCUT2D eigenvalue weighted by Crippen LogP contribution is 2.37. The number of ether oxygens (including phenoxy) is 3. The molecule has 35 heavy (non-hydrogen) atoms. The van der Waals surface area contributed by atoms with E-state index in [4.69, 9.17) is 19.2 Å². The van der Waals surface area contributed by atoms with E-state index in [1.807, 2.05) is 42.6 Å². The van der Waals surface area contributed by atoms with E-state index in [0.717, 1.165) is 47.3 Å². The minimum absolute atomic E-state index is 0.0491. The van der Waals surface area contributed by atoms with E-state index in [9.17, 15) is 0 Å². The van der Waals surface area contributed by atoms with Gasteiger partial charge in [0.1, 0.15) is 6.10 Å². The number of rotatable bonds is 6. The third-order valence-electron chi connectivity index (χ3n) is 7.01. The van der Waals surface area contributed by atoms with Gasteiger partial charge < -0.3 is 19.1 Å². The molecular weight excluding hydrogens is 444 g/mol. The molecule has 0 spiro atoms. The molecule has 2 saturated heterocycles. The summed E-state index contributed by atoms with van der Waals surface area (Å²) in [5.41, 5.74) is 3.48. The Balaban J connectivity index is 1.34. The van der Waals surface area contributed by atoms with Gasteiger partial charge in [0, 0.05) is 18.0 Å². The number of methoxy groups -OCH3 is 2. The highest BCUT2D eigenvalue weighted by atomic mass is 16.5. The predicted molar refractivity (Wildman–Crippen MR) is 133 cm³/mol. The van der Waals surface area contributed by atoms with E-state index in [-0.39, 0.29) is 12.1 Å². The SMILES string of the molecule is COc1cc2nncc(N3CC(Oc4cnc5ccccc5n4)C(N4CCCC4)C3)c2cc1OC. The van der Waals surface area contributed by atoms with Crippen LogP contribution in [-0.4, -0.2) is 77.6 Å². The Morgan fingerprint density at radius 3 is 2.46 bits per heavy atom. The van der Waals surface area contributed by atoms with Crippen molar-refractivity contribution in [3.63, 3.8) is 0 Å². The zero-order chi connectivity index (χ0) is 23.8. The second-order valence-corrected chi connectivity index (χ2v) is 9.02. The van der Waals surface area contributed by atoms with Crippen LogP contribution in [0.5, 0.6) is 17.4 Å². The average molecular weight is 473 g/mol. The summed E-state index contributed by atoms with van der Waals surface area (Å²) in [6.45, 7) is 3.72. The van der Waals surface area contributed by atoms with Crippen LogP contribution in [0.25, 0.3) is 21.9 Å². The van der Waals surface area contributed by atoms with Gasteiger partial charge in [-0.15, -0.1) is 0 Å². The lowest BCUT2D eigenvalue weighted by atomic mass is 10.1. The molecule has 4 heterocycles. The Kier molecular flexibility index (Phi) is 5.69. The summed E-state index contributed by atoms with van der Waals surface area (Å²) in [6.07, 6.45) is 5.94. The minimum atomic E-state index is -0.0491. The number of hydrogen-bond donors (Lipinski definition) is 0. The fourth-order valence-corrected chi connectivity index (χ4v) is 5.27. The second kappa shape index (κ2) is 9.14. The van der Waals surface area contributed by atoms with Crippen molar-refractivity contribution in [3.05, 3.63) is 48.8 Å². The fraction of sp³-hybridized carbons (Fsp3) is 0.385. The van der Waals surface area contributed by atoms with Crippen LogP contribution in [0.15, 0.2) is 48.8 Å². The molecule has 2 aliphatic rings. The van der Waals surface area contributed by atoms with Crippen LogP contribution in [0.3, 0.4) is 0 Å². The quantitative estimate of drug-likeness (QED) is 0.419. The van der Waals surface area contributed by atoms with Gasteiger partial charge in [0.25, 0.3) is 0 Å². The Labute approximate surface area is 203 Å². The lowest BCUT2D eigenvalue weighted by Crippen LogP contribution is -2.44. The summed E-state index contributed by atoms with van der Waals surface area (Å²) < 4.78 is 17.5. The molecule has 2 fully saturated rings. The van der Waals surface area contributed by atoms with Crippen LogP contribution in [-0.2, 0) is 0 Å². The van der Waals surface area contributed by atoms with Crippen molar-refractivity contribution in [1.82, 2.24) is 25.1 Å². The molecule has 4 aromatic rings. The lowest BCUT2D eigenvalue weighted by molar-refractivity contribution is 0.113. The van der Waals surface area contributed by atoms with Crippen LogP contribution in [0.1, 0.15) is 12.8 Å². The summed E-state index contributed by atoms with van der Waals surface area (Å²) in [5.74, 6) is 1.87. The monoisotopic (exact) mass is 472 g/mol. The third kappa shape index (κ3) is 4.05. The molecule has 2 aromatic heterocycles. The zero-order valence-corrected chi connectivity index (χ0v) is 19.9. The molecule has 0 N–H and O–H groups in total. The van der Waals surface area contributed by atoms with Crippen molar-refractivity contribution in [3.8, 4) is 17.4 Å². The molecule has 2 atom stereocenters. The zero-order valence-electron chi connectivity index (χ0n) is 19.9. The first-order valence-corrected chi connectivity index (χ1v) is 12.0. The molecule has 0 bridgehead atoms. The molecular formula is C26H28N6O3. The van der Waals surface area contributed by atoms with Gasteiger partial charge in [0.2, 0.25) is 5.88 Å². The van der Waals surface area contributed by atoms with Crippen LogP contribution in [0.4, 0.5) is 5.69 Å². The number of aromatic nitrogens is 4. The van der Waals surface area contributed by atoms with Crippen LogP contribution in [0.2, 0.25) is 0 Å². The van der Waals surface area contributed by atoms with Crippen molar-refractivity contribution in [2.75, 3.05) is 45.3 Å². The first-order valence-electron chi connectivity index (χ1n) is 12.0. The Bertz CT molecular complexity index is 1360. The summed E-state index contributed by atoms with van der Waals surface area (Å²) >= 11 is 0. The maximum atomic E-state index is 6.52. The number of hydrogen-bond acceptors (Lipinski definition) is 9. The van der Waals surface area contributed by atoms with Crippen molar-refractivity contribution < 1.29 is 14.2 Å². The smallest absolute Gasteiger partial charge is 0.233 e. The molecule has 9 heteroatoms. The maximum Gasteiger partial charge on any atom is 0.233 e. The first kappa shape index (κ1) is 21.8. The Morgan fingerprint density at radius 1 is 0.886 bits per heavy atom. The fourth-order valence-electron chi connectivity index (χ4n) is 5.27. The predicted octanol–water partition coefficient (Wildman–Crippen LogP) is 3.32. The topological polar surface area (TPSA) is 85.7 Å². The van der Waals surface area contributed by atoms with E-state index in [2.05, 4.69) is 25.0 Å². The Hall–Kier alpha value is -3.72. The third-order valence-corrected chi connectivity index (χ3v) is 7.01. The van der Waals surface area contributed by atoms with E-state index in [1.54, 1.807) is 20.4 Å². The normalized spacial score (nSPS) is 20.6. The highest BCUT2D eigenvalue weighted by Gasteiger charge is 2.40. The number of nitrogens with zero attached hydrogens (tertiary/aromatic N) is 6. The van der Waals surface area contributed by atoms with Gasteiger partial charge in [0.15, 0.2) is 11.5 Å². The van der Waals surface area contributed by atoms with Gasteiger partial charge in [-0.2, -0.15) is 10.2 Å². The molecule has 180 valence electrons. The highest BCUT2D eigenvalue weighted by molar-refractivity contribution is 5.93. The van der Waals surface area contributed by atoms with E-state index in [0.29, 0.717) is 23.9 Å². The number of likely N-dealkylation sites (tertiary alicyclic amines) is 1. The standard InChI is InChI=1S/C26H28N6O3/c1-33-23-11-17-20(12-24(23)34-2)30-28-13-21(17)32-15-22(31-9-5-6-10-31)25(16-32)35-26-14-27-18-7-3-4-8-19(18)29-26/h3-4,7-8,11-14,22,25H,5-6,9-10,15-16H2,1-2H3. The van der Waals surface area contributed by atoms with Gasteiger partial charge in [-0.3, -0.25) is 4.90 Å². The van der Waals surface area contributed by atoms with Crippen LogP contribution >= 0.6 is 0 Å². The van der Waals surface area contributed by atoms with Crippen molar-refractivity contribution in [2.45, 2.75) is 25.0 Å². The molecule has 6 rings (SSSR count). The number of fused-ring (bicyclic) bond motifs is 2. The molecule has 0 saturated carbocycles. The molecule has 0 amide bonds. The molecule has 0 aliphatic carbocycles. The summed E-state index contributed by atoms with van der Waals surface area (Å²) in [4.78, 5) is 14.1. The van der Waals surface area contributed by atoms with E-state index in [1.165, 1.54) is 12.8 Å². The first-order chi connectivity index (χ1) is 17.2. The number of benzene rings is 2.